The Hall–Kier alpha value is -2.15. The highest BCUT2D eigenvalue weighted by molar-refractivity contribution is 5.97. The van der Waals surface area contributed by atoms with Gasteiger partial charge < -0.3 is 16.0 Å². The summed E-state index contributed by atoms with van der Waals surface area (Å²) < 4.78 is 0. The summed E-state index contributed by atoms with van der Waals surface area (Å²) in [6, 6.07) is 11.9. The average Bonchev–Trinajstić information content (AvgIpc) is 2.66. The van der Waals surface area contributed by atoms with Crippen LogP contribution in [0.4, 0.5) is 0 Å². The average molecular weight is 413 g/mol. The van der Waals surface area contributed by atoms with E-state index in [2.05, 4.69) is 20.9 Å². The highest BCUT2D eigenvalue weighted by Gasteiger charge is 2.21. The number of rotatable bonds is 9. The molecule has 27 heavy (non-hydrogen) atoms. The maximum absolute atomic E-state index is 12.5. The third-order valence-corrected chi connectivity index (χ3v) is 3.72. The Morgan fingerprint density at radius 3 is 2.41 bits per heavy atom. The molecule has 6 nitrogen and oxygen atoms in total. The first-order chi connectivity index (χ1) is 12.2. The van der Waals surface area contributed by atoms with Crippen molar-refractivity contribution in [3.05, 3.63) is 66.0 Å². The number of amides is 2. The van der Waals surface area contributed by atoms with E-state index >= 15 is 0 Å². The topological polar surface area (TPSA) is 83.1 Å². The molecule has 0 aliphatic carbocycles. The molecule has 2 aromatic rings. The number of benzene rings is 1. The summed E-state index contributed by atoms with van der Waals surface area (Å²) >= 11 is 0. The number of carbonyl (C=O) groups is 2. The molecular formula is C19H26Cl2N4O2. The van der Waals surface area contributed by atoms with Crippen LogP contribution in [0.1, 0.15) is 22.3 Å². The van der Waals surface area contributed by atoms with Gasteiger partial charge in [0.2, 0.25) is 5.91 Å². The molecule has 0 saturated carbocycles. The van der Waals surface area contributed by atoms with Crippen molar-refractivity contribution >= 4 is 36.6 Å². The quantitative estimate of drug-likeness (QED) is 0.549. The van der Waals surface area contributed by atoms with Crippen molar-refractivity contribution in [2.24, 2.45) is 0 Å². The molecule has 0 radical (unpaired) electrons. The van der Waals surface area contributed by atoms with Gasteiger partial charge in [0.15, 0.2) is 0 Å². The van der Waals surface area contributed by atoms with Gasteiger partial charge in [0.1, 0.15) is 6.04 Å². The molecule has 2 rings (SSSR count). The fourth-order valence-electron chi connectivity index (χ4n) is 2.39. The molecule has 148 valence electrons. The maximum atomic E-state index is 12.5. The zero-order valence-electron chi connectivity index (χ0n) is 15.2. The van der Waals surface area contributed by atoms with Crippen molar-refractivity contribution in [2.75, 3.05) is 20.1 Å². The fraction of sp³-hybridized carbons (Fsp3) is 0.316. The van der Waals surface area contributed by atoms with Crippen molar-refractivity contribution in [3.8, 4) is 0 Å². The second kappa shape index (κ2) is 14.0. The van der Waals surface area contributed by atoms with Crippen LogP contribution in [0, 0.1) is 0 Å². The van der Waals surface area contributed by atoms with Crippen molar-refractivity contribution in [2.45, 2.75) is 18.9 Å². The van der Waals surface area contributed by atoms with Crippen LogP contribution in [0.2, 0.25) is 0 Å². The number of halogens is 2. The summed E-state index contributed by atoms with van der Waals surface area (Å²) in [5.41, 5.74) is 1.42. The molecule has 8 heteroatoms. The monoisotopic (exact) mass is 412 g/mol. The van der Waals surface area contributed by atoms with Crippen LogP contribution in [-0.2, 0) is 11.2 Å². The first-order valence-corrected chi connectivity index (χ1v) is 8.38. The van der Waals surface area contributed by atoms with E-state index < -0.39 is 6.04 Å². The molecule has 0 bridgehead atoms. The first kappa shape index (κ1) is 24.8. The van der Waals surface area contributed by atoms with Crippen LogP contribution in [0.15, 0.2) is 54.9 Å². The molecule has 2 amide bonds. The minimum atomic E-state index is -0.647. The van der Waals surface area contributed by atoms with E-state index in [1.165, 1.54) is 0 Å². The van der Waals surface area contributed by atoms with Gasteiger partial charge in [-0.25, -0.2) is 0 Å². The highest BCUT2D eigenvalue weighted by atomic mass is 35.5. The molecule has 0 saturated heterocycles. The summed E-state index contributed by atoms with van der Waals surface area (Å²) in [5, 5.41) is 8.74. The van der Waals surface area contributed by atoms with Crippen molar-refractivity contribution in [3.63, 3.8) is 0 Å². The number of nitrogens with zero attached hydrogens (tertiary/aromatic N) is 1. The van der Waals surface area contributed by atoms with E-state index in [1.807, 2.05) is 25.2 Å². The smallest absolute Gasteiger partial charge is 0.251 e. The molecule has 0 aliphatic rings. The Morgan fingerprint density at radius 1 is 1.04 bits per heavy atom. The summed E-state index contributed by atoms with van der Waals surface area (Å²) in [6.45, 7) is 1.38. The number of hydrogen-bond donors (Lipinski definition) is 3. The van der Waals surface area contributed by atoms with Gasteiger partial charge in [-0.2, -0.15) is 0 Å². The Balaban J connectivity index is 0.00000338. The van der Waals surface area contributed by atoms with Gasteiger partial charge in [0, 0.05) is 30.9 Å². The second-order valence-electron chi connectivity index (χ2n) is 5.71. The van der Waals surface area contributed by atoms with Crippen LogP contribution < -0.4 is 16.0 Å². The fourth-order valence-corrected chi connectivity index (χ4v) is 2.39. The standard InChI is InChI=1S/C19H24N4O2.2ClH/c1-20-10-6-12-22-19(25)17(13-15-7-5-11-21-14-15)23-18(24)16-8-3-2-4-9-16;;/h2-5,7-9,11,14,17,20H,6,10,12-13H2,1H3,(H,22,25)(H,23,24);2*1H. The van der Waals surface area contributed by atoms with Crippen molar-refractivity contribution < 1.29 is 9.59 Å². The largest absolute Gasteiger partial charge is 0.354 e. The molecule has 1 aromatic heterocycles. The van der Waals surface area contributed by atoms with Crippen LogP contribution in [0.3, 0.4) is 0 Å². The molecule has 1 aromatic carbocycles. The lowest BCUT2D eigenvalue weighted by Crippen LogP contribution is -2.48. The lowest BCUT2D eigenvalue weighted by atomic mass is 10.1. The Morgan fingerprint density at radius 2 is 1.78 bits per heavy atom. The van der Waals surface area contributed by atoms with E-state index in [4.69, 9.17) is 0 Å². The summed E-state index contributed by atoms with van der Waals surface area (Å²) in [5.74, 6) is -0.455. The summed E-state index contributed by atoms with van der Waals surface area (Å²) in [7, 11) is 1.87. The van der Waals surface area contributed by atoms with Gasteiger partial charge in [-0.1, -0.05) is 24.3 Å². The zero-order chi connectivity index (χ0) is 17.9. The number of carbonyl (C=O) groups excluding carboxylic acids is 2. The number of aromatic nitrogens is 1. The Bertz CT molecular complexity index is 672. The predicted octanol–water partition coefficient (Wildman–Crippen LogP) is 1.99. The Labute approximate surface area is 172 Å². The minimum absolute atomic E-state index is 0. The third kappa shape index (κ3) is 8.86. The van der Waals surface area contributed by atoms with Gasteiger partial charge in [-0.15, -0.1) is 24.8 Å². The van der Waals surface area contributed by atoms with Crippen LogP contribution in [0.5, 0.6) is 0 Å². The zero-order valence-corrected chi connectivity index (χ0v) is 16.8. The first-order valence-electron chi connectivity index (χ1n) is 8.38. The van der Waals surface area contributed by atoms with Crippen LogP contribution in [0.25, 0.3) is 0 Å². The SMILES string of the molecule is CNCCCNC(=O)C(Cc1cccnc1)NC(=O)c1ccccc1.Cl.Cl. The lowest BCUT2D eigenvalue weighted by Gasteiger charge is -2.18. The van der Waals surface area contributed by atoms with E-state index in [0.29, 0.717) is 18.5 Å². The third-order valence-electron chi connectivity index (χ3n) is 3.72. The predicted molar refractivity (Wildman–Crippen MR) is 112 cm³/mol. The molecule has 0 spiro atoms. The Kier molecular flexibility index (Phi) is 12.9. The lowest BCUT2D eigenvalue weighted by molar-refractivity contribution is -0.122. The van der Waals surface area contributed by atoms with Gasteiger partial charge >= 0.3 is 0 Å². The van der Waals surface area contributed by atoms with Gasteiger partial charge in [0.05, 0.1) is 0 Å². The molecule has 3 N–H and O–H groups in total. The van der Waals surface area contributed by atoms with Gasteiger partial charge in [0.25, 0.3) is 5.91 Å². The molecular weight excluding hydrogens is 387 g/mol. The molecule has 0 aliphatic heterocycles. The van der Waals surface area contributed by atoms with Crippen LogP contribution in [-0.4, -0.2) is 43.0 Å². The molecule has 1 heterocycles. The number of nitrogens with one attached hydrogen (secondary N) is 3. The van der Waals surface area contributed by atoms with E-state index in [0.717, 1.165) is 18.5 Å². The molecule has 1 unspecified atom stereocenters. The van der Waals surface area contributed by atoms with Crippen molar-refractivity contribution in [1.29, 1.82) is 0 Å². The van der Waals surface area contributed by atoms with E-state index in [1.54, 1.807) is 36.7 Å². The normalized spacial score (nSPS) is 10.7. The number of hydrogen-bond acceptors (Lipinski definition) is 4. The van der Waals surface area contributed by atoms with Crippen molar-refractivity contribution in [1.82, 2.24) is 20.9 Å². The minimum Gasteiger partial charge on any atom is -0.354 e. The van der Waals surface area contributed by atoms with E-state index in [-0.39, 0.29) is 36.6 Å². The van der Waals surface area contributed by atoms with Gasteiger partial charge in [-0.05, 0) is 43.8 Å². The highest BCUT2D eigenvalue weighted by Crippen LogP contribution is 2.05. The van der Waals surface area contributed by atoms with E-state index in [9.17, 15) is 9.59 Å². The second-order valence-corrected chi connectivity index (χ2v) is 5.71. The molecule has 0 fully saturated rings. The molecule has 1 atom stereocenters. The summed E-state index contributed by atoms with van der Waals surface area (Å²) in [6.07, 6.45) is 4.60. The van der Waals surface area contributed by atoms with Gasteiger partial charge in [-0.3, -0.25) is 14.6 Å². The summed E-state index contributed by atoms with van der Waals surface area (Å²) in [4.78, 5) is 29.0. The maximum Gasteiger partial charge on any atom is 0.251 e. The number of pyridine rings is 1. The van der Waals surface area contributed by atoms with Crippen LogP contribution >= 0.6 is 24.8 Å².